The van der Waals surface area contributed by atoms with Gasteiger partial charge in [0, 0.05) is 18.5 Å². The number of rotatable bonds is 3. The number of halogens is 1. The van der Waals surface area contributed by atoms with E-state index in [2.05, 4.69) is 22.2 Å². The van der Waals surface area contributed by atoms with Gasteiger partial charge in [0.05, 0.1) is 11.2 Å². The maximum Gasteiger partial charge on any atom is 0.0795 e. The van der Waals surface area contributed by atoms with Gasteiger partial charge in [0.15, 0.2) is 0 Å². The Morgan fingerprint density at radius 3 is 3.00 bits per heavy atom. The van der Waals surface area contributed by atoms with Crippen LogP contribution >= 0.6 is 23.7 Å². The molecule has 1 unspecified atom stereocenters. The minimum Gasteiger partial charge on any atom is -0.330 e. The van der Waals surface area contributed by atoms with Crippen LogP contribution in [0.25, 0.3) is 0 Å². The third-order valence-corrected chi connectivity index (χ3v) is 3.63. The predicted octanol–water partition coefficient (Wildman–Crippen LogP) is 1.74. The molecule has 3 nitrogen and oxygen atoms in total. The van der Waals surface area contributed by atoms with E-state index in [9.17, 15) is 0 Å². The lowest BCUT2D eigenvalue weighted by atomic mass is 9.90. The van der Waals surface area contributed by atoms with E-state index in [4.69, 9.17) is 5.73 Å². The van der Waals surface area contributed by atoms with Crippen molar-refractivity contribution in [3.8, 4) is 0 Å². The van der Waals surface area contributed by atoms with Gasteiger partial charge in [-0.3, -0.25) is 4.90 Å². The quantitative estimate of drug-likeness (QED) is 0.885. The molecule has 1 aromatic heterocycles. The maximum atomic E-state index is 5.76. The van der Waals surface area contributed by atoms with Crippen molar-refractivity contribution >= 4 is 23.7 Å². The Kier molecular flexibility index (Phi) is 4.52. The molecule has 1 atom stereocenters. The molecule has 1 aliphatic heterocycles. The first kappa shape index (κ1) is 12.9. The molecule has 0 amide bonds. The highest BCUT2D eigenvalue weighted by atomic mass is 35.5. The molecule has 86 valence electrons. The molecule has 2 rings (SSSR count). The summed E-state index contributed by atoms with van der Waals surface area (Å²) in [7, 11) is 0. The number of hydrogen-bond donors (Lipinski definition) is 1. The second kappa shape index (κ2) is 5.25. The number of nitrogens with zero attached hydrogens (tertiary/aromatic N) is 2. The van der Waals surface area contributed by atoms with E-state index >= 15 is 0 Å². The molecular weight excluding hydrogens is 230 g/mol. The Hall–Kier alpha value is -0.160. The van der Waals surface area contributed by atoms with E-state index in [1.807, 2.05) is 5.51 Å². The van der Waals surface area contributed by atoms with Crippen LogP contribution in [0.15, 0.2) is 10.9 Å². The van der Waals surface area contributed by atoms with Crippen molar-refractivity contribution < 1.29 is 0 Å². The molecule has 1 aliphatic rings. The molecule has 1 aromatic rings. The van der Waals surface area contributed by atoms with Gasteiger partial charge in [0.1, 0.15) is 0 Å². The lowest BCUT2D eigenvalue weighted by Gasteiger charge is -2.22. The van der Waals surface area contributed by atoms with Crippen LogP contribution in [0.2, 0.25) is 0 Å². The standard InChI is InChI=1S/C10H17N3S.ClH/c1-10(6-11)2-3-13(7-10)4-9-5-14-8-12-9;/h5,8H,2-4,6-7,11H2,1H3;1H. The van der Waals surface area contributed by atoms with Crippen LogP contribution in [0, 0.1) is 5.41 Å². The molecule has 2 N–H and O–H groups in total. The minimum atomic E-state index is 0. The fourth-order valence-corrected chi connectivity index (χ4v) is 2.52. The topological polar surface area (TPSA) is 42.1 Å². The molecule has 5 heteroatoms. The number of aromatic nitrogens is 1. The fourth-order valence-electron chi connectivity index (χ4n) is 1.97. The average molecular weight is 248 g/mol. The van der Waals surface area contributed by atoms with Gasteiger partial charge < -0.3 is 5.73 Å². The summed E-state index contributed by atoms with van der Waals surface area (Å²) >= 11 is 1.67. The Morgan fingerprint density at radius 1 is 1.67 bits per heavy atom. The second-order valence-corrected chi connectivity index (χ2v) is 5.17. The normalized spacial score (nSPS) is 26.5. The predicted molar refractivity (Wildman–Crippen MR) is 66.4 cm³/mol. The van der Waals surface area contributed by atoms with Crippen LogP contribution in [0.1, 0.15) is 19.0 Å². The van der Waals surface area contributed by atoms with E-state index in [1.54, 1.807) is 11.3 Å². The maximum absolute atomic E-state index is 5.76. The molecule has 0 saturated carbocycles. The number of thiazole rings is 1. The van der Waals surface area contributed by atoms with Crippen LogP contribution in [0.4, 0.5) is 0 Å². The molecule has 0 aliphatic carbocycles. The lowest BCUT2D eigenvalue weighted by molar-refractivity contribution is 0.272. The van der Waals surface area contributed by atoms with Gasteiger partial charge >= 0.3 is 0 Å². The molecule has 1 saturated heterocycles. The van der Waals surface area contributed by atoms with E-state index in [-0.39, 0.29) is 12.4 Å². The summed E-state index contributed by atoms with van der Waals surface area (Å²) in [5, 5.41) is 2.12. The monoisotopic (exact) mass is 247 g/mol. The SMILES string of the molecule is CC1(CN)CCN(Cc2cscn2)C1.Cl. The van der Waals surface area contributed by atoms with Gasteiger partial charge in [-0.1, -0.05) is 6.92 Å². The molecule has 0 spiro atoms. The largest absolute Gasteiger partial charge is 0.330 e. The van der Waals surface area contributed by atoms with Crippen molar-refractivity contribution in [2.24, 2.45) is 11.1 Å². The molecule has 15 heavy (non-hydrogen) atoms. The summed E-state index contributed by atoms with van der Waals surface area (Å²) in [4.78, 5) is 6.75. The highest BCUT2D eigenvalue weighted by Crippen LogP contribution is 2.29. The van der Waals surface area contributed by atoms with Gasteiger partial charge in [-0.25, -0.2) is 4.98 Å². The third-order valence-electron chi connectivity index (χ3n) is 3.00. The number of likely N-dealkylation sites (tertiary alicyclic amines) is 1. The van der Waals surface area contributed by atoms with Crippen LogP contribution in [-0.4, -0.2) is 29.5 Å². The molecule has 1 fully saturated rings. The molecule has 0 aromatic carbocycles. The molecule has 2 heterocycles. The van der Waals surface area contributed by atoms with E-state index in [1.165, 1.54) is 12.1 Å². The molecule has 0 radical (unpaired) electrons. The first-order valence-electron chi connectivity index (χ1n) is 5.01. The first-order chi connectivity index (χ1) is 6.72. The van der Waals surface area contributed by atoms with Crippen molar-refractivity contribution in [2.45, 2.75) is 19.9 Å². The van der Waals surface area contributed by atoms with Crippen molar-refractivity contribution in [3.05, 3.63) is 16.6 Å². The van der Waals surface area contributed by atoms with E-state index in [0.717, 1.165) is 26.2 Å². The van der Waals surface area contributed by atoms with E-state index < -0.39 is 0 Å². The smallest absolute Gasteiger partial charge is 0.0795 e. The van der Waals surface area contributed by atoms with Gasteiger partial charge in [-0.05, 0) is 24.9 Å². The number of nitrogens with two attached hydrogens (primary N) is 1. The Balaban J connectivity index is 0.00000112. The summed E-state index contributed by atoms with van der Waals surface area (Å²) in [5.41, 5.74) is 9.18. The minimum absolute atomic E-state index is 0. The van der Waals surface area contributed by atoms with E-state index in [0.29, 0.717) is 5.41 Å². The highest BCUT2D eigenvalue weighted by Gasteiger charge is 2.32. The lowest BCUT2D eigenvalue weighted by Crippen LogP contribution is -2.31. The average Bonchev–Trinajstić information content (AvgIpc) is 2.78. The van der Waals surface area contributed by atoms with Crippen LogP contribution < -0.4 is 5.73 Å². The van der Waals surface area contributed by atoms with Gasteiger partial charge in [-0.2, -0.15) is 0 Å². The van der Waals surface area contributed by atoms with Crippen molar-refractivity contribution in [1.82, 2.24) is 9.88 Å². The van der Waals surface area contributed by atoms with Crippen LogP contribution in [0.3, 0.4) is 0 Å². The van der Waals surface area contributed by atoms with Gasteiger partial charge in [-0.15, -0.1) is 23.7 Å². The van der Waals surface area contributed by atoms with Crippen molar-refractivity contribution in [1.29, 1.82) is 0 Å². The Labute approximate surface area is 101 Å². The zero-order valence-corrected chi connectivity index (χ0v) is 10.6. The Bertz CT molecular complexity index is 291. The Morgan fingerprint density at radius 2 is 2.47 bits per heavy atom. The van der Waals surface area contributed by atoms with Crippen LogP contribution in [0.5, 0.6) is 0 Å². The first-order valence-corrected chi connectivity index (χ1v) is 5.96. The molecule has 0 bridgehead atoms. The van der Waals surface area contributed by atoms with Crippen LogP contribution in [-0.2, 0) is 6.54 Å². The second-order valence-electron chi connectivity index (χ2n) is 4.46. The zero-order chi connectivity index (χ0) is 10.0. The van der Waals surface area contributed by atoms with Crippen molar-refractivity contribution in [3.63, 3.8) is 0 Å². The van der Waals surface area contributed by atoms with Crippen molar-refractivity contribution in [2.75, 3.05) is 19.6 Å². The molecular formula is C10H18ClN3S. The summed E-state index contributed by atoms with van der Waals surface area (Å²) in [6.07, 6.45) is 1.22. The fraction of sp³-hybridized carbons (Fsp3) is 0.700. The summed E-state index contributed by atoms with van der Waals surface area (Å²) in [6.45, 7) is 6.32. The zero-order valence-electron chi connectivity index (χ0n) is 8.98. The van der Waals surface area contributed by atoms with Gasteiger partial charge in [0.25, 0.3) is 0 Å². The number of hydrogen-bond acceptors (Lipinski definition) is 4. The highest BCUT2D eigenvalue weighted by molar-refractivity contribution is 7.07. The summed E-state index contributed by atoms with van der Waals surface area (Å²) in [5.74, 6) is 0. The third kappa shape index (κ3) is 3.14. The summed E-state index contributed by atoms with van der Waals surface area (Å²) < 4.78 is 0. The summed E-state index contributed by atoms with van der Waals surface area (Å²) in [6, 6.07) is 0. The van der Waals surface area contributed by atoms with Gasteiger partial charge in [0.2, 0.25) is 0 Å².